The fraction of sp³-hybridized carbons (Fsp3) is 1.00. The van der Waals surface area contributed by atoms with E-state index in [1.54, 1.807) is 0 Å². The maximum atomic E-state index is 6.66. The summed E-state index contributed by atoms with van der Waals surface area (Å²) in [4.78, 5) is 2.47. The van der Waals surface area contributed by atoms with Crippen LogP contribution in [0.4, 0.5) is 0 Å². The van der Waals surface area contributed by atoms with Gasteiger partial charge in [-0.3, -0.25) is 0 Å². The van der Waals surface area contributed by atoms with Crippen molar-refractivity contribution in [2.45, 2.75) is 43.4 Å². The molecule has 3 heterocycles. The molecule has 3 aliphatic heterocycles. The maximum Gasteiger partial charge on any atom is 0.0729 e. The van der Waals surface area contributed by atoms with E-state index in [0.29, 0.717) is 12.0 Å². The minimum absolute atomic E-state index is 0.0686. The van der Waals surface area contributed by atoms with Crippen LogP contribution in [0.3, 0.4) is 0 Å². The summed E-state index contributed by atoms with van der Waals surface area (Å²) >= 11 is 2.05. The SMILES string of the molecule is CN1CCSCC1C(N)C1CCOC2(CCOCC2)C1. The van der Waals surface area contributed by atoms with Crippen molar-refractivity contribution in [3.8, 4) is 0 Å². The molecular weight excluding hydrogens is 272 g/mol. The van der Waals surface area contributed by atoms with E-state index in [4.69, 9.17) is 15.2 Å². The van der Waals surface area contributed by atoms with Crippen molar-refractivity contribution < 1.29 is 9.47 Å². The van der Waals surface area contributed by atoms with Crippen LogP contribution in [0.1, 0.15) is 25.7 Å². The number of thioether (sulfide) groups is 1. The van der Waals surface area contributed by atoms with Gasteiger partial charge in [0.2, 0.25) is 0 Å². The van der Waals surface area contributed by atoms with Gasteiger partial charge in [0.05, 0.1) is 5.60 Å². The first-order valence-corrected chi connectivity index (χ1v) is 9.11. The Hall–Kier alpha value is 0.190. The van der Waals surface area contributed by atoms with Crippen molar-refractivity contribution in [1.29, 1.82) is 0 Å². The molecule has 20 heavy (non-hydrogen) atoms. The fourth-order valence-electron chi connectivity index (χ4n) is 3.91. The smallest absolute Gasteiger partial charge is 0.0729 e. The van der Waals surface area contributed by atoms with Gasteiger partial charge >= 0.3 is 0 Å². The summed E-state index contributed by atoms with van der Waals surface area (Å²) in [5.41, 5.74) is 6.73. The highest BCUT2D eigenvalue weighted by Gasteiger charge is 2.42. The van der Waals surface area contributed by atoms with Gasteiger partial charge in [-0.05, 0) is 38.6 Å². The Morgan fingerprint density at radius 3 is 2.85 bits per heavy atom. The predicted molar refractivity (Wildman–Crippen MR) is 83.2 cm³/mol. The summed E-state index contributed by atoms with van der Waals surface area (Å²) in [6, 6.07) is 0.824. The third-order valence-electron chi connectivity index (χ3n) is 5.37. The normalized spacial score (nSPS) is 36.9. The molecule has 3 atom stereocenters. The molecular formula is C15H28N2O2S. The van der Waals surface area contributed by atoms with Crippen LogP contribution in [0, 0.1) is 5.92 Å². The molecule has 3 fully saturated rings. The van der Waals surface area contributed by atoms with E-state index < -0.39 is 0 Å². The molecule has 0 saturated carbocycles. The van der Waals surface area contributed by atoms with E-state index in [9.17, 15) is 0 Å². The first kappa shape index (κ1) is 15.1. The Labute approximate surface area is 126 Å². The lowest BCUT2D eigenvalue weighted by Crippen LogP contribution is -2.57. The Bertz CT molecular complexity index is 317. The van der Waals surface area contributed by atoms with E-state index >= 15 is 0 Å². The Morgan fingerprint density at radius 2 is 2.10 bits per heavy atom. The lowest BCUT2D eigenvalue weighted by molar-refractivity contribution is -0.150. The highest BCUT2D eigenvalue weighted by molar-refractivity contribution is 7.99. The topological polar surface area (TPSA) is 47.7 Å². The summed E-state index contributed by atoms with van der Waals surface area (Å²) < 4.78 is 11.6. The van der Waals surface area contributed by atoms with Gasteiger partial charge in [0.1, 0.15) is 0 Å². The quantitative estimate of drug-likeness (QED) is 0.834. The minimum Gasteiger partial charge on any atom is -0.381 e. The Kier molecular flexibility index (Phi) is 4.93. The van der Waals surface area contributed by atoms with Crippen LogP contribution in [0.2, 0.25) is 0 Å². The first-order valence-electron chi connectivity index (χ1n) is 7.95. The van der Waals surface area contributed by atoms with Crippen molar-refractivity contribution in [3.05, 3.63) is 0 Å². The van der Waals surface area contributed by atoms with E-state index in [0.717, 1.165) is 45.5 Å². The van der Waals surface area contributed by atoms with E-state index in [1.165, 1.54) is 18.1 Å². The molecule has 3 unspecified atom stereocenters. The Morgan fingerprint density at radius 1 is 1.30 bits per heavy atom. The number of hydrogen-bond acceptors (Lipinski definition) is 5. The molecule has 3 saturated heterocycles. The number of hydrogen-bond donors (Lipinski definition) is 1. The molecule has 0 aromatic carbocycles. The van der Waals surface area contributed by atoms with Crippen LogP contribution in [0.25, 0.3) is 0 Å². The highest BCUT2D eigenvalue weighted by Crippen LogP contribution is 2.39. The second-order valence-electron chi connectivity index (χ2n) is 6.60. The largest absolute Gasteiger partial charge is 0.381 e. The molecule has 0 aliphatic carbocycles. The second-order valence-corrected chi connectivity index (χ2v) is 7.75. The number of likely N-dealkylation sites (N-methyl/N-ethyl adjacent to an activating group) is 1. The number of nitrogens with zero attached hydrogens (tertiary/aromatic N) is 1. The molecule has 3 rings (SSSR count). The molecule has 0 aromatic heterocycles. The van der Waals surface area contributed by atoms with Crippen molar-refractivity contribution in [2.24, 2.45) is 11.7 Å². The third kappa shape index (κ3) is 3.17. The molecule has 0 aromatic rings. The van der Waals surface area contributed by atoms with Crippen LogP contribution in [-0.4, -0.2) is 67.5 Å². The van der Waals surface area contributed by atoms with Gasteiger partial charge in [0.25, 0.3) is 0 Å². The van der Waals surface area contributed by atoms with Crippen molar-refractivity contribution in [1.82, 2.24) is 4.90 Å². The summed E-state index contributed by atoms with van der Waals surface area (Å²) in [7, 11) is 2.23. The van der Waals surface area contributed by atoms with Gasteiger partial charge < -0.3 is 20.1 Å². The first-order chi connectivity index (χ1) is 9.70. The fourth-order valence-corrected chi connectivity index (χ4v) is 5.21. The molecule has 1 spiro atoms. The molecule has 5 heteroatoms. The molecule has 116 valence electrons. The lowest BCUT2D eigenvalue weighted by Gasteiger charge is -2.47. The minimum atomic E-state index is 0.0686. The lowest BCUT2D eigenvalue weighted by atomic mass is 9.76. The number of nitrogens with two attached hydrogens (primary N) is 1. The van der Waals surface area contributed by atoms with Crippen LogP contribution >= 0.6 is 11.8 Å². The van der Waals surface area contributed by atoms with Crippen LogP contribution in [0.15, 0.2) is 0 Å². The summed E-state index contributed by atoms with van der Waals surface area (Å²) in [5.74, 6) is 3.04. The van der Waals surface area contributed by atoms with Crippen molar-refractivity contribution in [3.63, 3.8) is 0 Å². The predicted octanol–water partition coefficient (Wildman–Crippen LogP) is 1.34. The average Bonchev–Trinajstić information content (AvgIpc) is 2.48. The standard InChI is InChI=1S/C15H28N2O2S/c1-17-5-9-20-11-13(17)14(16)12-2-6-19-15(10-12)3-7-18-8-4-15/h12-14H,2-11,16H2,1H3. The van der Waals surface area contributed by atoms with E-state index in [1.807, 2.05) is 0 Å². The number of ether oxygens (including phenoxy) is 2. The molecule has 2 N–H and O–H groups in total. The highest BCUT2D eigenvalue weighted by atomic mass is 32.2. The zero-order valence-corrected chi connectivity index (χ0v) is 13.4. The zero-order valence-electron chi connectivity index (χ0n) is 12.6. The molecule has 0 amide bonds. The van der Waals surface area contributed by atoms with Crippen LogP contribution < -0.4 is 5.73 Å². The molecule has 4 nitrogen and oxygen atoms in total. The van der Waals surface area contributed by atoms with Gasteiger partial charge in [-0.25, -0.2) is 0 Å². The monoisotopic (exact) mass is 300 g/mol. The van der Waals surface area contributed by atoms with Gasteiger partial charge in [-0.1, -0.05) is 0 Å². The van der Waals surface area contributed by atoms with Gasteiger partial charge in [-0.2, -0.15) is 11.8 Å². The van der Waals surface area contributed by atoms with E-state index in [-0.39, 0.29) is 11.6 Å². The van der Waals surface area contributed by atoms with Crippen molar-refractivity contribution >= 4 is 11.8 Å². The van der Waals surface area contributed by atoms with Crippen molar-refractivity contribution in [2.75, 3.05) is 44.9 Å². The third-order valence-corrected chi connectivity index (χ3v) is 6.42. The summed E-state index contributed by atoms with van der Waals surface area (Å²) in [5, 5.41) is 0. The molecule has 3 aliphatic rings. The molecule has 0 radical (unpaired) electrons. The van der Waals surface area contributed by atoms with Gasteiger partial charge in [0, 0.05) is 50.0 Å². The van der Waals surface area contributed by atoms with E-state index in [2.05, 4.69) is 23.7 Å². The summed E-state index contributed by atoms with van der Waals surface area (Å²) in [6.45, 7) is 3.75. The second kappa shape index (κ2) is 6.53. The number of rotatable bonds is 2. The Balaban J connectivity index is 1.63. The molecule has 0 bridgehead atoms. The van der Waals surface area contributed by atoms with Gasteiger partial charge in [-0.15, -0.1) is 0 Å². The zero-order chi connectivity index (χ0) is 14.0. The summed E-state index contributed by atoms with van der Waals surface area (Å²) in [6.07, 6.45) is 4.35. The van der Waals surface area contributed by atoms with Gasteiger partial charge in [0.15, 0.2) is 0 Å². The maximum absolute atomic E-state index is 6.66. The average molecular weight is 300 g/mol. The van der Waals surface area contributed by atoms with Crippen LogP contribution in [0.5, 0.6) is 0 Å². The van der Waals surface area contributed by atoms with Crippen LogP contribution in [-0.2, 0) is 9.47 Å².